The molecule has 1 aliphatic rings. The first kappa shape index (κ1) is 13.8. The Morgan fingerprint density at radius 3 is 2.62 bits per heavy atom. The van der Waals surface area contributed by atoms with Crippen molar-refractivity contribution in [2.24, 2.45) is 4.99 Å². The number of hydrogen-bond acceptors (Lipinski definition) is 3. The maximum Gasteiger partial charge on any atom is 0.167 e. The molecular formula is C16H15F2N3. The van der Waals surface area contributed by atoms with Crippen LogP contribution in [0, 0.1) is 11.6 Å². The van der Waals surface area contributed by atoms with Crippen LogP contribution in [0.15, 0.2) is 29.6 Å². The number of aliphatic imine (C=N–C) groups is 1. The summed E-state index contributed by atoms with van der Waals surface area (Å²) in [5.41, 5.74) is 2.21. The first-order chi connectivity index (χ1) is 9.97. The van der Waals surface area contributed by atoms with Crippen molar-refractivity contribution in [3.05, 3.63) is 41.9 Å². The van der Waals surface area contributed by atoms with Gasteiger partial charge in [-0.05, 0) is 31.0 Å². The van der Waals surface area contributed by atoms with E-state index in [9.17, 15) is 8.78 Å². The maximum absolute atomic E-state index is 14.3. The molecule has 108 valence electrons. The molecule has 5 heteroatoms. The molecule has 0 saturated carbocycles. The summed E-state index contributed by atoms with van der Waals surface area (Å²) < 4.78 is 28.2. The van der Waals surface area contributed by atoms with Gasteiger partial charge in [0.15, 0.2) is 5.82 Å². The third-order valence-corrected chi connectivity index (χ3v) is 4.38. The Balaban J connectivity index is 2.23. The minimum absolute atomic E-state index is 0.106. The van der Waals surface area contributed by atoms with E-state index in [0.29, 0.717) is 11.3 Å². The van der Waals surface area contributed by atoms with Crippen LogP contribution in [0.5, 0.6) is 0 Å². The highest BCUT2D eigenvalue weighted by molar-refractivity contribution is 6.00. The molecule has 0 amide bonds. The van der Waals surface area contributed by atoms with Gasteiger partial charge in [-0.3, -0.25) is 4.99 Å². The number of benzene rings is 1. The highest BCUT2D eigenvalue weighted by atomic mass is 19.1. The number of halogens is 2. The summed E-state index contributed by atoms with van der Waals surface area (Å²) in [6, 6.07) is 3.07. The minimum atomic E-state index is -0.564. The molecule has 1 aromatic carbocycles. The molecule has 0 aliphatic carbocycles. The summed E-state index contributed by atoms with van der Waals surface area (Å²) in [5.74, 6) is -1.01. The van der Waals surface area contributed by atoms with Gasteiger partial charge in [0.2, 0.25) is 0 Å². The lowest BCUT2D eigenvalue weighted by Gasteiger charge is -2.24. The van der Waals surface area contributed by atoms with Crippen LogP contribution in [-0.2, 0) is 5.41 Å². The zero-order chi connectivity index (χ0) is 15.2. The first-order valence-corrected chi connectivity index (χ1v) is 6.83. The average molecular weight is 287 g/mol. The lowest BCUT2D eigenvalue weighted by atomic mass is 9.77. The summed E-state index contributed by atoms with van der Waals surface area (Å²) in [5, 5.41) is 0. The van der Waals surface area contributed by atoms with Crippen molar-refractivity contribution in [1.29, 1.82) is 0 Å². The van der Waals surface area contributed by atoms with Crippen LogP contribution in [0.1, 0.15) is 32.8 Å². The van der Waals surface area contributed by atoms with Crippen molar-refractivity contribution in [1.82, 2.24) is 9.97 Å². The smallest absolute Gasteiger partial charge is 0.167 e. The van der Waals surface area contributed by atoms with Crippen LogP contribution in [0.3, 0.4) is 0 Å². The fourth-order valence-corrected chi connectivity index (χ4v) is 2.73. The molecule has 0 saturated heterocycles. The van der Waals surface area contributed by atoms with Crippen LogP contribution in [0.25, 0.3) is 11.3 Å². The van der Waals surface area contributed by atoms with Gasteiger partial charge in [0.25, 0.3) is 0 Å². The topological polar surface area (TPSA) is 38.1 Å². The average Bonchev–Trinajstić information content (AvgIpc) is 2.73. The Morgan fingerprint density at radius 1 is 1.19 bits per heavy atom. The first-order valence-electron chi connectivity index (χ1n) is 6.83. The van der Waals surface area contributed by atoms with Gasteiger partial charge >= 0.3 is 0 Å². The van der Waals surface area contributed by atoms with Gasteiger partial charge in [-0.2, -0.15) is 0 Å². The van der Waals surface area contributed by atoms with Gasteiger partial charge in [-0.15, -0.1) is 0 Å². The molecule has 3 rings (SSSR count). The number of nitrogens with zero attached hydrogens (tertiary/aromatic N) is 3. The van der Waals surface area contributed by atoms with E-state index < -0.39 is 11.6 Å². The zero-order valence-electron chi connectivity index (χ0n) is 12.1. The minimum Gasteiger partial charge on any atom is -0.254 e. The Morgan fingerprint density at radius 2 is 1.95 bits per heavy atom. The molecular weight excluding hydrogens is 272 g/mol. The van der Waals surface area contributed by atoms with Crippen molar-refractivity contribution in [2.45, 2.75) is 32.6 Å². The van der Waals surface area contributed by atoms with Gasteiger partial charge < -0.3 is 0 Å². The second kappa shape index (κ2) is 4.69. The van der Waals surface area contributed by atoms with Crippen molar-refractivity contribution < 1.29 is 8.78 Å². The van der Waals surface area contributed by atoms with E-state index in [0.717, 1.165) is 23.9 Å². The van der Waals surface area contributed by atoms with E-state index in [-0.39, 0.29) is 11.1 Å². The van der Waals surface area contributed by atoms with E-state index in [1.54, 1.807) is 6.07 Å². The van der Waals surface area contributed by atoms with Crippen LogP contribution in [0.2, 0.25) is 0 Å². The quantitative estimate of drug-likeness (QED) is 0.830. The van der Waals surface area contributed by atoms with Crippen LogP contribution < -0.4 is 0 Å². The monoisotopic (exact) mass is 287 g/mol. The fraction of sp³-hybridized carbons (Fsp3) is 0.312. The molecule has 1 unspecified atom stereocenters. The Bertz CT molecular complexity index is 755. The van der Waals surface area contributed by atoms with E-state index in [2.05, 4.69) is 15.0 Å². The van der Waals surface area contributed by atoms with Crippen molar-refractivity contribution >= 4 is 11.4 Å². The number of hydrogen-bond donors (Lipinski definition) is 0. The lowest BCUT2D eigenvalue weighted by molar-refractivity contribution is 0.604. The van der Waals surface area contributed by atoms with Crippen molar-refractivity contribution in [3.63, 3.8) is 0 Å². The predicted molar refractivity (Wildman–Crippen MR) is 77.8 cm³/mol. The molecule has 2 heterocycles. The van der Waals surface area contributed by atoms with Crippen LogP contribution in [0.4, 0.5) is 14.5 Å². The molecule has 1 aliphatic heterocycles. The molecule has 21 heavy (non-hydrogen) atoms. The largest absolute Gasteiger partial charge is 0.254 e. The molecule has 1 aromatic heterocycles. The van der Waals surface area contributed by atoms with Crippen LogP contribution >= 0.6 is 0 Å². The molecule has 2 aromatic rings. The summed E-state index contributed by atoms with van der Waals surface area (Å²) in [6.07, 6.45) is 3.13. The molecule has 0 N–H and O–H groups in total. The third kappa shape index (κ3) is 1.95. The highest BCUT2D eigenvalue weighted by Crippen LogP contribution is 2.45. The normalized spacial score (nSPS) is 20.3. The Labute approximate surface area is 121 Å². The highest BCUT2D eigenvalue weighted by Gasteiger charge is 2.37. The van der Waals surface area contributed by atoms with Gasteiger partial charge in [0, 0.05) is 16.7 Å². The third-order valence-electron chi connectivity index (χ3n) is 4.38. The van der Waals surface area contributed by atoms with Gasteiger partial charge in [-0.1, -0.05) is 13.8 Å². The summed E-state index contributed by atoms with van der Waals surface area (Å²) in [6.45, 7) is 5.95. The number of rotatable bonds is 2. The molecule has 1 atom stereocenters. The van der Waals surface area contributed by atoms with E-state index in [1.807, 2.05) is 20.8 Å². The maximum atomic E-state index is 14.3. The Kier molecular flexibility index (Phi) is 3.08. The predicted octanol–water partition coefficient (Wildman–Crippen LogP) is 4.20. The van der Waals surface area contributed by atoms with Crippen LogP contribution in [-0.4, -0.2) is 15.7 Å². The summed E-state index contributed by atoms with van der Waals surface area (Å²) in [4.78, 5) is 11.9. The second-order valence-corrected chi connectivity index (χ2v) is 5.46. The van der Waals surface area contributed by atoms with Gasteiger partial charge in [-0.25, -0.2) is 18.7 Å². The van der Waals surface area contributed by atoms with Gasteiger partial charge in [0.1, 0.15) is 23.5 Å². The van der Waals surface area contributed by atoms with E-state index in [4.69, 9.17) is 0 Å². The van der Waals surface area contributed by atoms with Gasteiger partial charge in [0.05, 0.1) is 6.20 Å². The summed E-state index contributed by atoms with van der Waals surface area (Å²) >= 11 is 0. The number of aromatic nitrogens is 2. The molecule has 0 fully saturated rings. The Hall–Kier alpha value is -2.17. The SMILES string of the molecule is CCC1(C)C(C)=Nc2c(F)cc(-c3ncncc3F)cc21. The lowest BCUT2D eigenvalue weighted by Crippen LogP contribution is -2.26. The van der Waals surface area contributed by atoms with E-state index >= 15 is 0 Å². The molecule has 0 bridgehead atoms. The molecule has 0 radical (unpaired) electrons. The summed E-state index contributed by atoms with van der Waals surface area (Å²) in [7, 11) is 0. The van der Waals surface area contributed by atoms with Crippen molar-refractivity contribution in [3.8, 4) is 11.3 Å². The molecule has 3 nitrogen and oxygen atoms in total. The number of fused-ring (bicyclic) bond motifs is 1. The van der Waals surface area contributed by atoms with E-state index in [1.165, 1.54) is 12.4 Å². The zero-order valence-corrected chi connectivity index (χ0v) is 12.1. The standard InChI is InChI=1S/C16H15F2N3/c1-4-16(3)9(2)21-15-11(16)5-10(6-12(15)17)14-13(18)7-19-8-20-14/h5-8H,4H2,1-3H3. The second-order valence-electron chi connectivity index (χ2n) is 5.46. The van der Waals surface area contributed by atoms with Crippen molar-refractivity contribution in [2.75, 3.05) is 0 Å². The fourth-order valence-electron chi connectivity index (χ4n) is 2.73. The molecule has 0 spiro atoms.